The number of carbonyl (C=O) groups is 1. The van der Waals surface area contributed by atoms with E-state index in [0.29, 0.717) is 0 Å². The summed E-state index contributed by atoms with van der Waals surface area (Å²) in [7, 11) is 0. The van der Waals surface area contributed by atoms with Gasteiger partial charge in [0.25, 0.3) is 0 Å². The standard InChI is InChI=1S/C16H20N2OS/c1-16(2,3)15(19)18-10-6-8-12(18)14-17-11-7-4-5-9-13(11)20-14/h4-5,7,9,12H,6,8,10H2,1-3H3. The summed E-state index contributed by atoms with van der Waals surface area (Å²) < 4.78 is 1.21. The minimum absolute atomic E-state index is 0.166. The lowest BCUT2D eigenvalue weighted by atomic mass is 9.94. The van der Waals surface area contributed by atoms with E-state index in [4.69, 9.17) is 4.98 Å². The van der Waals surface area contributed by atoms with Crippen molar-refractivity contribution in [2.45, 2.75) is 39.7 Å². The number of aromatic nitrogens is 1. The lowest BCUT2D eigenvalue weighted by Crippen LogP contribution is -2.38. The fraction of sp³-hybridized carbons (Fsp3) is 0.500. The van der Waals surface area contributed by atoms with E-state index in [-0.39, 0.29) is 17.4 Å². The lowest BCUT2D eigenvalue weighted by Gasteiger charge is -2.29. The number of rotatable bonds is 1. The molecule has 0 bridgehead atoms. The first-order valence-electron chi connectivity index (χ1n) is 7.13. The number of likely N-dealkylation sites (tertiary alicyclic amines) is 1. The molecule has 1 atom stereocenters. The molecule has 0 saturated carbocycles. The predicted molar refractivity (Wildman–Crippen MR) is 82.8 cm³/mol. The van der Waals surface area contributed by atoms with E-state index in [1.165, 1.54) is 4.70 Å². The van der Waals surface area contributed by atoms with Crippen LogP contribution in [0.2, 0.25) is 0 Å². The fourth-order valence-corrected chi connectivity index (χ4v) is 3.85. The van der Waals surface area contributed by atoms with Crippen LogP contribution < -0.4 is 0 Å². The highest BCUT2D eigenvalue weighted by Gasteiger charge is 2.37. The molecule has 2 aromatic rings. The fourth-order valence-electron chi connectivity index (χ4n) is 2.73. The van der Waals surface area contributed by atoms with Gasteiger partial charge < -0.3 is 4.90 Å². The van der Waals surface area contributed by atoms with Crippen molar-refractivity contribution in [3.63, 3.8) is 0 Å². The van der Waals surface area contributed by atoms with Gasteiger partial charge in [-0.1, -0.05) is 32.9 Å². The number of thiazole rings is 1. The van der Waals surface area contributed by atoms with Crippen molar-refractivity contribution in [2.75, 3.05) is 6.54 Å². The normalized spacial score (nSPS) is 19.8. The van der Waals surface area contributed by atoms with Crippen molar-refractivity contribution >= 4 is 27.5 Å². The van der Waals surface area contributed by atoms with Gasteiger partial charge in [0, 0.05) is 12.0 Å². The molecule has 0 radical (unpaired) electrons. The number of hydrogen-bond acceptors (Lipinski definition) is 3. The van der Waals surface area contributed by atoms with Gasteiger partial charge in [-0.3, -0.25) is 4.79 Å². The molecule has 20 heavy (non-hydrogen) atoms. The van der Waals surface area contributed by atoms with Crippen molar-refractivity contribution in [3.8, 4) is 0 Å². The third kappa shape index (κ3) is 2.33. The molecule has 106 valence electrons. The first kappa shape index (κ1) is 13.6. The van der Waals surface area contributed by atoms with E-state index < -0.39 is 0 Å². The molecule has 0 N–H and O–H groups in total. The number of fused-ring (bicyclic) bond motifs is 1. The molecule has 1 saturated heterocycles. The smallest absolute Gasteiger partial charge is 0.228 e. The molecule has 1 aromatic heterocycles. The summed E-state index contributed by atoms with van der Waals surface area (Å²) in [6, 6.07) is 8.36. The zero-order valence-electron chi connectivity index (χ0n) is 12.2. The first-order valence-corrected chi connectivity index (χ1v) is 7.95. The second kappa shape index (κ2) is 4.85. The van der Waals surface area contributed by atoms with E-state index in [1.807, 2.05) is 43.9 Å². The number of nitrogens with zero attached hydrogens (tertiary/aromatic N) is 2. The van der Waals surface area contributed by atoms with Crippen LogP contribution in [0.1, 0.15) is 44.7 Å². The molecule has 2 heterocycles. The van der Waals surface area contributed by atoms with Gasteiger partial charge in [0.15, 0.2) is 0 Å². The average Bonchev–Trinajstić information content (AvgIpc) is 3.02. The SMILES string of the molecule is CC(C)(C)C(=O)N1CCCC1c1nc2ccccc2s1. The molecule has 1 aliphatic heterocycles. The number of para-hydroxylation sites is 1. The summed E-state index contributed by atoms with van der Waals surface area (Å²) in [5, 5.41) is 1.08. The Balaban J connectivity index is 1.94. The van der Waals surface area contributed by atoms with Crippen LogP contribution in [0, 0.1) is 5.41 Å². The highest BCUT2D eigenvalue weighted by atomic mass is 32.1. The summed E-state index contributed by atoms with van der Waals surface area (Å²) in [5.41, 5.74) is 0.724. The minimum atomic E-state index is -0.320. The van der Waals surface area contributed by atoms with Crippen molar-refractivity contribution in [3.05, 3.63) is 29.3 Å². The van der Waals surface area contributed by atoms with Gasteiger partial charge in [0.05, 0.1) is 16.3 Å². The van der Waals surface area contributed by atoms with E-state index in [0.717, 1.165) is 29.9 Å². The molecule has 1 amide bonds. The quantitative estimate of drug-likeness (QED) is 0.794. The Morgan fingerprint density at radius 1 is 1.35 bits per heavy atom. The van der Waals surface area contributed by atoms with Crippen LogP contribution >= 0.6 is 11.3 Å². The predicted octanol–water partition coefficient (Wildman–Crippen LogP) is 4.01. The second-order valence-corrected chi connectivity index (χ2v) is 7.49. The highest BCUT2D eigenvalue weighted by Crippen LogP contribution is 2.38. The Bertz CT molecular complexity index is 608. The van der Waals surface area contributed by atoms with Gasteiger partial charge in [0.2, 0.25) is 5.91 Å². The maximum atomic E-state index is 12.6. The molecule has 1 unspecified atom stereocenters. The highest BCUT2D eigenvalue weighted by molar-refractivity contribution is 7.18. The Morgan fingerprint density at radius 2 is 2.10 bits per heavy atom. The van der Waals surface area contributed by atoms with Crippen LogP contribution in [-0.4, -0.2) is 22.3 Å². The van der Waals surface area contributed by atoms with Crippen LogP contribution in [0.25, 0.3) is 10.2 Å². The van der Waals surface area contributed by atoms with E-state index in [1.54, 1.807) is 11.3 Å². The molecule has 3 nitrogen and oxygen atoms in total. The summed E-state index contributed by atoms with van der Waals surface area (Å²) in [6.45, 7) is 6.83. The van der Waals surface area contributed by atoms with E-state index >= 15 is 0 Å². The first-order chi connectivity index (χ1) is 9.47. The second-order valence-electron chi connectivity index (χ2n) is 6.43. The van der Waals surface area contributed by atoms with Crippen molar-refractivity contribution < 1.29 is 4.79 Å². The number of hydrogen-bond donors (Lipinski definition) is 0. The third-order valence-electron chi connectivity index (χ3n) is 3.75. The van der Waals surface area contributed by atoms with Crippen LogP contribution in [0.15, 0.2) is 24.3 Å². The molecule has 1 aromatic carbocycles. The molecule has 0 aliphatic carbocycles. The summed E-state index contributed by atoms with van der Waals surface area (Å²) >= 11 is 1.72. The minimum Gasteiger partial charge on any atom is -0.333 e. The lowest BCUT2D eigenvalue weighted by molar-refractivity contribution is -0.140. The van der Waals surface area contributed by atoms with Crippen molar-refractivity contribution in [1.29, 1.82) is 0 Å². The molecular weight excluding hydrogens is 268 g/mol. The van der Waals surface area contributed by atoms with Gasteiger partial charge in [-0.25, -0.2) is 4.98 Å². The maximum Gasteiger partial charge on any atom is 0.228 e. The third-order valence-corrected chi connectivity index (χ3v) is 4.89. The van der Waals surface area contributed by atoms with E-state index in [9.17, 15) is 4.79 Å². The zero-order valence-corrected chi connectivity index (χ0v) is 13.0. The van der Waals surface area contributed by atoms with Crippen LogP contribution in [-0.2, 0) is 4.79 Å². The van der Waals surface area contributed by atoms with Crippen LogP contribution in [0.5, 0.6) is 0 Å². The molecular formula is C16H20N2OS. The topological polar surface area (TPSA) is 33.2 Å². The molecule has 1 fully saturated rings. The molecule has 0 spiro atoms. The van der Waals surface area contributed by atoms with Crippen LogP contribution in [0.4, 0.5) is 0 Å². The number of amides is 1. The van der Waals surface area contributed by atoms with Gasteiger partial charge in [-0.2, -0.15) is 0 Å². The largest absolute Gasteiger partial charge is 0.333 e. The van der Waals surface area contributed by atoms with Crippen molar-refractivity contribution in [2.24, 2.45) is 5.41 Å². The summed E-state index contributed by atoms with van der Waals surface area (Å²) in [5.74, 6) is 0.235. The Morgan fingerprint density at radius 3 is 2.80 bits per heavy atom. The molecule has 4 heteroatoms. The molecule has 1 aliphatic rings. The summed E-state index contributed by atoms with van der Waals surface area (Å²) in [6.07, 6.45) is 2.10. The monoisotopic (exact) mass is 288 g/mol. The summed E-state index contributed by atoms with van der Waals surface area (Å²) in [4.78, 5) is 19.3. The Hall–Kier alpha value is -1.42. The van der Waals surface area contributed by atoms with Crippen LogP contribution in [0.3, 0.4) is 0 Å². The number of carbonyl (C=O) groups excluding carboxylic acids is 1. The van der Waals surface area contributed by atoms with Gasteiger partial charge >= 0.3 is 0 Å². The molecule has 3 rings (SSSR count). The Labute approximate surface area is 123 Å². The van der Waals surface area contributed by atoms with E-state index in [2.05, 4.69) is 6.07 Å². The van der Waals surface area contributed by atoms with Gasteiger partial charge in [-0.05, 0) is 25.0 Å². The maximum absolute atomic E-state index is 12.6. The average molecular weight is 288 g/mol. The van der Waals surface area contributed by atoms with Gasteiger partial charge in [0.1, 0.15) is 5.01 Å². The number of benzene rings is 1. The Kier molecular flexibility index (Phi) is 3.28. The van der Waals surface area contributed by atoms with Crippen molar-refractivity contribution in [1.82, 2.24) is 9.88 Å². The van der Waals surface area contributed by atoms with Gasteiger partial charge in [-0.15, -0.1) is 11.3 Å². The zero-order chi connectivity index (χ0) is 14.3.